The predicted molar refractivity (Wildman–Crippen MR) is 55.2 cm³/mol. The topological polar surface area (TPSA) is 124 Å². The van der Waals surface area contributed by atoms with E-state index in [1.165, 1.54) is 7.11 Å². The molecule has 0 aromatic heterocycles. The zero-order valence-electron chi connectivity index (χ0n) is 8.85. The van der Waals surface area contributed by atoms with Gasteiger partial charge in [0.1, 0.15) is 0 Å². The lowest BCUT2D eigenvalue weighted by Crippen LogP contribution is -2.34. The van der Waals surface area contributed by atoms with Crippen LogP contribution in [0.15, 0.2) is 10.2 Å². The van der Waals surface area contributed by atoms with Gasteiger partial charge in [0.05, 0.1) is 13.0 Å². The number of nitrogens with zero attached hydrogens (tertiary/aromatic N) is 6. The summed E-state index contributed by atoms with van der Waals surface area (Å²) in [6.07, 6.45) is 1.50. The Morgan fingerprint density at radius 3 is 2.44 bits per heavy atom. The maximum Gasteiger partial charge on any atom is 0.308 e. The number of hydrogen-bond acceptors (Lipinski definition) is 4. The molecule has 3 atom stereocenters. The lowest BCUT2D eigenvalue weighted by atomic mass is 9.83. The second kappa shape index (κ2) is 5.85. The summed E-state index contributed by atoms with van der Waals surface area (Å²) in [5, 5.41) is 7.13. The van der Waals surface area contributed by atoms with E-state index in [1.54, 1.807) is 0 Å². The highest BCUT2D eigenvalue weighted by atomic mass is 16.5. The molecule has 1 aliphatic carbocycles. The van der Waals surface area contributed by atoms with Crippen molar-refractivity contribution >= 4 is 5.97 Å². The maximum atomic E-state index is 11.3. The van der Waals surface area contributed by atoms with E-state index in [2.05, 4.69) is 24.8 Å². The molecule has 0 heterocycles. The van der Waals surface area contributed by atoms with Gasteiger partial charge in [0.15, 0.2) is 0 Å². The largest absolute Gasteiger partial charge is 0.469 e. The van der Waals surface area contributed by atoms with Crippen molar-refractivity contribution in [3.8, 4) is 0 Å². The van der Waals surface area contributed by atoms with E-state index in [0.717, 1.165) is 0 Å². The number of methoxy groups -OCH3 is 1. The summed E-state index contributed by atoms with van der Waals surface area (Å²) in [6.45, 7) is 0. The molecule has 86 valence electrons. The molecule has 1 aliphatic rings. The van der Waals surface area contributed by atoms with E-state index in [0.29, 0.717) is 19.3 Å². The zero-order valence-corrected chi connectivity index (χ0v) is 8.85. The van der Waals surface area contributed by atoms with E-state index in [-0.39, 0.29) is 17.9 Å². The molecule has 1 fully saturated rings. The van der Waals surface area contributed by atoms with Crippen LogP contribution >= 0.6 is 0 Å². The van der Waals surface area contributed by atoms with Gasteiger partial charge >= 0.3 is 5.97 Å². The van der Waals surface area contributed by atoms with Gasteiger partial charge in [0.2, 0.25) is 0 Å². The van der Waals surface area contributed by atoms with Crippen molar-refractivity contribution in [3.05, 3.63) is 20.9 Å². The van der Waals surface area contributed by atoms with E-state index >= 15 is 0 Å². The predicted octanol–water partition coefficient (Wildman–Crippen LogP) is 2.32. The molecule has 0 bridgehead atoms. The van der Waals surface area contributed by atoms with Crippen molar-refractivity contribution in [1.82, 2.24) is 0 Å². The Morgan fingerprint density at radius 1 is 1.25 bits per heavy atom. The number of carbonyl (C=O) groups is 1. The Morgan fingerprint density at radius 2 is 1.88 bits per heavy atom. The average molecular weight is 224 g/mol. The molecule has 16 heavy (non-hydrogen) atoms. The Balaban J connectivity index is 2.75. The van der Waals surface area contributed by atoms with Gasteiger partial charge in [-0.25, -0.2) is 0 Å². The minimum atomic E-state index is -0.459. The zero-order chi connectivity index (χ0) is 12.0. The molecule has 0 spiro atoms. The number of rotatable bonds is 3. The number of hydrogen-bond donors (Lipinski definition) is 0. The number of ether oxygens (including phenoxy) is 1. The second-order valence-corrected chi connectivity index (χ2v) is 3.58. The van der Waals surface area contributed by atoms with Gasteiger partial charge in [-0.1, -0.05) is 10.2 Å². The van der Waals surface area contributed by atoms with Crippen molar-refractivity contribution in [2.75, 3.05) is 7.11 Å². The third-order valence-corrected chi connectivity index (χ3v) is 2.72. The van der Waals surface area contributed by atoms with E-state index in [9.17, 15) is 4.79 Å². The minimum Gasteiger partial charge on any atom is -0.469 e. The molecular weight excluding hydrogens is 212 g/mol. The summed E-state index contributed by atoms with van der Waals surface area (Å²) in [5.74, 6) is -0.580. The SMILES string of the molecule is COC(=O)C1CC[C@@H](N=[N+]=[N-])[C@H](N=[N+]=[N-])C1. The highest BCUT2D eigenvalue weighted by Gasteiger charge is 2.33. The Kier molecular flexibility index (Phi) is 4.44. The van der Waals surface area contributed by atoms with Crippen LogP contribution < -0.4 is 0 Å². The highest BCUT2D eigenvalue weighted by Crippen LogP contribution is 2.29. The van der Waals surface area contributed by atoms with Crippen LogP contribution in [0.3, 0.4) is 0 Å². The molecule has 1 saturated carbocycles. The molecule has 0 saturated heterocycles. The number of azide groups is 2. The molecule has 0 aliphatic heterocycles. The van der Waals surface area contributed by atoms with Gasteiger partial charge in [0.25, 0.3) is 0 Å². The summed E-state index contributed by atoms with van der Waals surface area (Å²) in [7, 11) is 1.32. The van der Waals surface area contributed by atoms with Gasteiger partial charge in [-0.15, -0.1) is 0 Å². The molecule has 0 N–H and O–H groups in total. The first-order valence-corrected chi connectivity index (χ1v) is 4.89. The Hall–Kier alpha value is -1.91. The van der Waals surface area contributed by atoms with E-state index in [4.69, 9.17) is 11.1 Å². The first-order chi connectivity index (χ1) is 7.72. The third kappa shape index (κ3) is 2.79. The minimum absolute atomic E-state index is 0.273. The summed E-state index contributed by atoms with van der Waals surface area (Å²) < 4.78 is 4.63. The van der Waals surface area contributed by atoms with Gasteiger partial charge < -0.3 is 4.74 Å². The van der Waals surface area contributed by atoms with Crippen molar-refractivity contribution in [2.45, 2.75) is 31.3 Å². The van der Waals surface area contributed by atoms with E-state index in [1.807, 2.05) is 0 Å². The molecule has 8 nitrogen and oxygen atoms in total. The van der Waals surface area contributed by atoms with Crippen LogP contribution in [0.25, 0.3) is 20.9 Å². The molecule has 0 radical (unpaired) electrons. The van der Waals surface area contributed by atoms with Gasteiger partial charge in [-0.05, 0) is 30.3 Å². The fourth-order valence-corrected chi connectivity index (χ4v) is 1.90. The lowest BCUT2D eigenvalue weighted by Gasteiger charge is -2.29. The van der Waals surface area contributed by atoms with Crippen LogP contribution in [-0.4, -0.2) is 25.2 Å². The van der Waals surface area contributed by atoms with E-state index < -0.39 is 6.04 Å². The first-order valence-electron chi connectivity index (χ1n) is 4.89. The van der Waals surface area contributed by atoms with Crippen LogP contribution in [0, 0.1) is 5.92 Å². The normalized spacial score (nSPS) is 28.4. The molecule has 0 aromatic carbocycles. The summed E-state index contributed by atoms with van der Waals surface area (Å²) in [5.41, 5.74) is 16.8. The fraction of sp³-hybridized carbons (Fsp3) is 0.875. The van der Waals surface area contributed by atoms with Crippen molar-refractivity contribution in [1.29, 1.82) is 0 Å². The average Bonchev–Trinajstić information content (AvgIpc) is 2.31. The molecule has 1 unspecified atom stereocenters. The van der Waals surface area contributed by atoms with Crippen molar-refractivity contribution < 1.29 is 9.53 Å². The van der Waals surface area contributed by atoms with Gasteiger partial charge in [-0.3, -0.25) is 4.79 Å². The van der Waals surface area contributed by atoms with Crippen molar-refractivity contribution in [3.63, 3.8) is 0 Å². The molecule has 0 aromatic rings. The van der Waals surface area contributed by atoms with Crippen LogP contribution in [-0.2, 0) is 9.53 Å². The highest BCUT2D eigenvalue weighted by molar-refractivity contribution is 5.72. The summed E-state index contributed by atoms with van der Waals surface area (Å²) >= 11 is 0. The monoisotopic (exact) mass is 224 g/mol. The standard InChI is InChI=1S/C8H12N6O2/c1-16-8(15)5-2-3-6(11-13-9)7(4-5)12-14-10/h5-7H,2-4H2,1H3/t5?,6-,7-/m1/s1. The maximum absolute atomic E-state index is 11.3. The lowest BCUT2D eigenvalue weighted by molar-refractivity contribution is -0.146. The van der Waals surface area contributed by atoms with Crippen molar-refractivity contribution in [2.24, 2.45) is 16.1 Å². The summed E-state index contributed by atoms with van der Waals surface area (Å²) in [4.78, 5) is 16.7. The molecular formula is C8H12N6O2. The fourth-order valence-electron chi connectivity index (χ4n) is 1.90. The van der Waals surface area contributed by atoms with Crippen LogP contribution in [0.1, 0.15) is 19.3 Å². The molecule has 1 rings (SSSR count). The quantitative estimate of drug-likeness (QED) is 0.316. The second-order valence-electron chi connectivity index (χ2n) is 3.58. The van der Waals surface area contributed by atoms with Crippen LogP contribution in [0.5, 0.6) is 0 Å². The molecule has 8 heteroatoms. The van der Waals surface area contributed by atoms with Gasteiger partial charge in [-0.2, -0.15) is 0 Å². The van der Waals surface area contributed by atoms with Crippen LogP contribution in [0.4, 0.5) is 0 Å². The number of esters is 1. The van der Waals surface area contributed by atoms with Gasteiger partial charge in [0, 0.05) is 21.9 Å². The first kappa shape index (κ1) is 12.2. The third-order valence-electron chi connectivity index (χ3n) is 2.72. The Bertz CT molecular complexity index is 358. The Labute approximate surface area is 91.8 Å². The molecule has 0 amide bonds. The smallest absolute Gasteiger partial charge is 0.308 e. The van der Waals surface area contributed by atoms with Crippen LogP contribution in [0.2, 0.25) is 0 Å². The summed E-state index contributed by atoms with van der Waals surface area (Å²) in [6, 6.07) is -0.819. The number of carbonyl (C=O) groups excluding carboxylic acids is 1.